The van der Waals surface area contributed by atoms with Gasteiger partial charge < -0.3 is 15.0 Å². The second-order valence-electron chi connectivity index (χ2n) is 5.60. The summed E-state index contributed by atoms with van der Waals surface area (Å²) in [5.74, 6) is -0.166. The fourth-order valence-electron chi connectivity index (χ4n) is 2.84. The lowest BCUT2D eigenvalue weighted by Gasteiger charge is -2.30. The molecule has 0 unspecified atom stereocenters. The molecule has 1 amide bonds. The molecule has 3 aromatic rings. The van der Waals surface area contributed by atoms with Crippen LogP contribution in [0.4, 0.5) is 11.4 Å². The number of hydrogen-bond donors (Lipinski definition) is 2. The number of fused-ring (bicyclic) bond motifs is 1. The van der Waals surface area contributed by atoms with Crippen molar-refractivity contribution in [3.05, 3.63) is 48.0 Å². The highest BCUT2D eigenvalue weighted by Crippen LogP contribution is 2.27. The Bertz CT molecular complexity index is 870. The smallest absolute Gasteiger partial charge is 0.255 e. The molecule has 0 spiro atoms. The summed E-state index contributed by atoms with van der Waals surface area (Å²) in [6.07, 6.45) is 0. The summed E-state index contributed by atoms with van der Waals surface area (Å²) in [6, 6.07) is 13.1. The van der Waals surface area contributed by atoms with Crippen LogP contribution in [0.15, 0.2) is 42.5 Å². The van der Waals surface area contributed by atoms with Gasteiger partial charge in [0.15, 0.2) is 0 Å². The number of rotatable bonds is 3. The highest BCUT2D eigenvalue weighted by molar-refractivity contribution is 6.07. The largest absolute Gasteiger partial charge is 0.378 e. The van der Waals surface area contributed by atoms with Crippen molar-refractivity contribution in [2.75, 3.05) is 36.5 Å². The van der Waals surface area contributed by atoms with Gasteiger partial charge in [-0.1, -0.05) is 12.1 Å². The van der Waals surface area contributed by atoms with Crippen molar-refractivity contribution in [3.63, 3.8) is 0 Å². The zero-order valence-corrected chi connectivity index (χ0v) is 13.0. The van der Waals surface area contributed by atoms with E-state index in [-0.39, 0.29) is 5.91 Å². The molecule has 0 saturated carbocycles. The first kappa shape index (κ1) is 14.6. The predicted molar refractivity (Wildman–Crippen MR) is 91.3 cm³/mol. The molecule has 122 valence electrons. The van der Waals surface area contributed by atoms with Crippen molar-refractivity contribution in [2.24, 2.45) is 0 Å². The zero-order valence-electron chi connectivity index (χ0n) is 13.0. The second kappa shape index (κ2) is 6.29. The fourth-order valence-corrected chi connectivity index (χ4v) is 2.84. The van der Waals surface area contributed by atoms with Gasteiger partial charge in [0.2, 0.25) is 0 Å². The number of ether oxygens (including phenoxy) is 1. The maximum absolute atomic E-state index is 12.6. The molecule has 1 fully saturated rings. The molecule has 1 saturated heterocycles. The van der Waals surface area contributed by atoms with Crippen LogP contribution in [0.5, 0.6) is 0 Å². The van der Waals surface area contributed by atoms with Gasteiger partial charge in [-0.3, -0.25) is 4.79 Å². The number of nitrogens with one attached hydrogen (secondary N) is 2. The van der Waals surface area contributed by atoms with Crippen molar-refractivity contribution >= 4 is 28.3 Å². The summed E-state index contributed by atoms with van der Waals surface area (Å²) >= 11 is 0. The first-order valence-electron chi connectivity index (χ1n) is 7.85. The normalized spacial score (nSPS) is 14.8. The van der Waals surface area contributed by atoms with E-state index < -0.39 is 0 Å². The molecule has 24 heavy (non-hydrogen) atoms. The topological polar surface area (TPSA) is 83.1 Å². The molecule has 2 N–H and O–H groups in total. The van der Waals surface area contributed by atoms with Crippen LogP contribution in [-0.4, -0.2) is 47.6 Å². The quantitative estimate of drug-likeness (QED) is 0.771. The van der Waals surface area contributed by atoms with Gasteiger partial charge in [0.25, 0.3) is 5.91 Å². The Morgan fingerprint density at radius 3 is 2.75 bits per heavy atom. The molecule has 0 bridgehead atoms. The third kappa shape index (κ3) is 2.81. The average Bonchev–Trinajstić information content (AvgIpc) is 3.10. The number of carbonyl (C=O) groups excluding carboxylic acids is 1. The molecule has 1 aliphatic rings. The number of aromatic nitrogens is 3. The average molecular weight is 323 g/mol. The Kier molecular flexibility index (Phi) is 3.84. The number of hydrogen-bond acceptors (Lipinski definition) is 5. The van der Waals surface area contributed by atoms with E-state index in [9.17, 15) is 4.79 Å². The van der Waals surface area contributed by atoms with Crippen molar-refractivity contribution in [2.45, 2.75) is 0 Å². The van der Waals surface area contributed by atoms with E-state index in [1.165, 1.54) is 0 Å². The van der Waals surface area contributed by atoms with Crippen LogP contribution >= 0.6 is 0 Å². The number of aromatic amines is 1. The summed E-state index contributed by atoms with van der Waals surface area (Å²) in [7, 11) is 0. The van der Waals surface area contributed by atoms with Crippen molar-refractivity contribution in [1.29, 1.82) is 0 Å². The van der Waals surface area contributed by atoms with E-state index in [0.717, 1.165) is 30.0 Å². The van der Waals surface area contributed by atoms with Crippen LogP contribution in [-0.2, 0) is 4.74 Å². The molecule has 2 aromatic carbocycles. The molecule has 0 radical (unpaired) electrons. The fraction of sp³-hybridized carbons (Fsp3) is 0.235. The van der Waals surface area contributed by atoms with Gasteiger partial charge in [-0.15, -0.1) is 0 Å². The van der Waals surface area contributed by atoms with Crippen LogP contribution in [0, 0.1) is 0 Å². The van der Waals surface area contributed by atoms with E-state index in [0.29, 0.717) is 24.3 Å². The van der Waals surface area contributed by atoms with E-state index in [1.54, 1.807) is 18.2 Å². The molecular weight excluding hydrogens is 306 g/mol. The predicted octanol–water partition coefficient (Wildman–Crippen LogP) is 2.05. The SMILES string of the molecule is O=C(Nc1ccccc1N1CCOCC1)c1ccc2n[nH]nc2c1. The van der Waals surface area contributed by atoms with Gasteiger partial charge in [-0.2, -0.15) is 15.4 Å². The first-order valence-corrected chi connectivity index (χ1v) is 7.85. The third-order valence-corrected chi connectivity index (χ3v) is 4.08. The molecular formula is C17H17N5O2. The van der Waals surface area contributed by atoms with Crippen LogP contribution in [0.25, 0.3) is 11.0 Å². The summed E-state index contributed by atoms with van der Waals surface area (Å²) < 4.78 is 5.40. The molecule has 1 aliphatic heterocycles. The lowest BCUT2D eigenvalue weighted by Crippen LogP contribution is -2.36. The molecule has 2 heterocycles. The standard InChI is InChI=1S/C17H17N5O2/c23-17(12-5-6-13-15(11-12)20-21-19-13)18-14-3-1-2-4-16(14)22-7-9-24-10-8-22/h1-6,11H,7-10H2,(H,18,23)(H,19,20,21). The lowest BCUT2D eigenvalue weighted by molar-refractivity contribution is 0.102. The number of carbonyl (C=O) groups is 1. The Labute approximate surface area is 138 Å². The number of benzene rings is 2. The van der Waals surface area contributed by atoms with Gasteiger partial charge in [0.1, 0.15) is 11.0 Å². The Morgan fingerprint density at radius 1 is 1.08 bits per heavy atom. The second-order valence-corrected chi connectivity index (χ2v) is 5.60. The van der Waals surface area contributed by atoms with E-state index in [1.807, 2.05) is 24.3 Å². The molecule has 0 atom stereocenters. The van der Waals surface area contributed by atoms with Gasteiger partial charge in [0, 0.05) is 18.7 Å². The van der Waals surface area contributed by atoms with Gasteiger partial charge in [-0.25, -0.2) is 0 Å². The molecule has 1 aromatic heterocycles. The van der Waals surface area contributed by atoms with Crippen LogP contribution in [0.1, 0.15) is 10.4 Å². The molecule has 7 nitrogen and oxygen atoms in total. The third-order valence-electron chi connectivity index (χ3n) is 4.08. The Hall–Kier alpha value is -2.93. The first-order chi connectivity index (χ1) is 11.8. The minimum atomic E-state index is -0.166. The van der Waals surface area contributed by atoms with E-state index in [4.69, 9.17) is 4.74 Å². The molecule has 4 rings (SSSR count). The molecule has 0 aliphatic carbocycles. The highest BCUT2D eigenvalue weighted by atomic mass is 16.5. The van der Waals surface area contributed by atoms with Crippen molar-refractivity contribution in [1.82, 2.24) is 15.4 Å². The van der Waals surface area contributed by atoms with Gasteiger partial charge in [0.05, 0.1) is 24.6 Å². The summed E-state index contributed by atoms with van der Waals surface area (Å²) in [6.45, 7) is 3.03. The monoisotopic (exact) mass is 323 g/mol. The summed E-state index contributed by atoms with van der Waals surface area (Å²) in [4.78, 5) is 14.8. The van der Waals surface area contributed by atoms with Crippen molar-refractivity contribution in [3.8, 4) is 0 Å². The lowest BCUT2D eigenvalue weighted by atomic mass is 10.1. The van der Waals surface area contributed by atoms with Crippen LogP contribution < -0.4 is 10.2 Å². The van der Waals surface area contributed by atoms with Crippen LogP contribution in [0.2, 0.25) is 0 Å². The number of H-pyrrole nitrogens is 1. The summed E-state index contributed by atoms with van der Waals surface area (Å²) in [5, 5.41) is 13.6. The maximum atomic E-state index is 12.6. The number of amides is 1. The number of anilines is 2. The zero-order chi connectivity index (χ0) is 16.4. The molecule has 7 heteroatoms. The number of morpholine rings is 1. The van der Waals surface area contributed by atoms with E-state index >= 15 is 0 Å². The minimum Gasteiger partial charge on any atom is -0.378 e. The Balaban J connectivity index is 1.59. The number of nitrogens with zero attached hydrogens (tertiary/aromatic N) is 3. The Morgan fingerprint density at radius 2 is 1.88 bits per heavy atom. The van der Waals surface area contributed by atoms with Crippen LogP contribution in [0.3, 0.4) is 0 Å². The summed E-state index contributed by atoms with van der Waals surface area (Å²) in [5.41, 5.74) is 3.76. The van der Waals surface area contributed by atoms with Crippen molar-refractivity contribution < 1.29 is 9.53 Å². The van der Waals surface area contributed by atoms with Gasteiger partial charge in [-0.05, 0) is 30.3 Å². The number of para-hydroxylation sites is 2. The maximum Gasteiger partial charge on any atom is 0.255 e. The minimum absolute atomic E-state index is 0.166. The van der Waals surface area contributed by atoms with E-state index in [2.05, 4.69) is 25.6 Å². The van der Waals surface area contributed by atoms with Gasteiger partial charge >= 0.3 is 0 Å². The highest BCUT2D eigenvalue weighted by Gasteiger charge is 2.16.